The fraction of sp³-hybridized carbons (Fsp3) is 0.348. The van der Waals surface area contributed by atoms with Crippen molar-refractivity contribution < 1.29 is 18.8 Å². The predicted octanol–water partition coefficient (Wildman–Crippen LogP) is 3.06. The van der Waals surface area contributed by atoms with Crippen molar-refractivity contribution in [2.45, 2.75) is 19.3 Å². The fourth-order valence-corrected chi connectivity index (χ4v) is 4.68. The third-order valence-electron chi connectivity index (χ3n) is 5.89. The number of anilines is 1. The lowest BCUT2D eigenvalue weighted by Gasteiger charge is -2.23. The van der Waals surface area contributed by atoms with E-state index in [9.17, 15) is 18.8 Å². The van der Waals surface area contributed by atoms with Crippen LogP contribution in [-0.2, 0) is 9.59 Å². The summed E-state index contributed by atoms with van der Waals surface area (Å²) in [5, 5.41) is 1.77. The van der Waals surface area contributed by atoms with Crippen LogP contribution in [0.3, 0.4) is 0 Å². The number of halogens is 1. The van der Waals surface area contributed by atoms with Crippen LogP contribution in [-0.4, -0.2) is 58.1 Å². The van der Waals surface area contributed by atoms with Gasteiger partial charge in [0.1, 0.15) is 11.6 Å². The highest BCUT2D eigenvalue weighted by atomic mass is 32.2. The average molecular weight is 468 g/mol. The van der Waals surface area contributed by atoms with E-state index in [4.69, 9.17) is 0 Å². The number of hydrogen-bond acceptors (Lipinski definition) is 7. The van der Waals surface area contributed by atoms with Crippen molar-refractivity contribution in [2.24, 2.45) is 5.92 Å². The van der Waals surface area contributed by atoms with E-state index in [-0.39, 0.29) is 22.3 Å². The maximum atomic E-state index is 14.7. The van der Waals surface area contributed by atoms with Crippen molar-refractivity contribution in [2.75, 3.05) is 31.1 Å². The molecule has 3 fully saturated rings. The van der Waals surface area contributed by atoms with Crippen molar-refractivity contribution >= 4 is 40.7 Å². The van der Waals surface area contributed by atoms with Gasteiger partial charge in [0.2, 0.25) is 5.91 Å². The van der Waals surface area contributed by atoms with Crippen LogP contribution in [0.25, 0.3) is 17.3 Å². The summed E-state index contributed by atoms with van der Waals surface area (Å²) < 4.78 is 14.7. The lowest BCUT2D eigenvalue weighted by atomic mass is 10.1. The van der Waals surface area contributed by atoms with E-state index in [0.29, 0.717) is 30.2 Å². The SMILES string of the molecule is O=C1NC(=O)C(=Cc2ccc(F)c(-c3cncc(N4CCCN(C(=O)C5CC5)CC4)n3)c2)S1. The smallest absolute Gasteiger partial charge is 0.290 e. The summed E-state index contributed by atoms with van der Waals surface area (Å²) in [5.74, 6) is 0.165. The number of carbonyl (C=O) groups is 3. The first-order valence-electron chi connectivity index (χ1n) is 10.9. The first-order valence-corrected chi connectivity index (χ1v) is 11.7. The van der Waals surface area contributed by atoms with Crippen molar-refractivity contribution in [3.8, 4) is 11.3 Å². The molecule has 0 radical (unpaired) electrons. The normalized spacial score (nSPS) is 20.2. The van der Waals surface area contributed by atoms with Gasteiger partial charge in [0, 0.05) is 37.7 Å². The highest BCUT2D eigenvalue weighted by Gasteiger charge is 2.34. The van der Waals surface area contributed by atoms with Gasteiger partial charge in [-0.2, -0.15) is 0 Å². The number of amides is 3. The van der Waals surface area contributed by atoms with E-state index in [0.717, 1.165) is 44.1 Å². The van der Waals surface area contributed by atoms with Gasteiger partial charge >= 0.3 is 0 Å². The molecule has 3 aliphatic rings. The molecule has 1 aliphatic carbocycles. The Morgan fingerprint density at radius 1 is 1.15 bits per heavy atom. The van der Waals surface area contributed by atoms with Crippen LogP contribution in [0.2, 0.25) is 0 Å². The molecule has 0 unspecified atom stereocenters. The predicted molar refractivity (Wildman–Crippen MR) is 123 cm³/mol. The highest BCUT2D eigenvalue weighted by molar-refractivity contribution is 8.18. The molecular weight excluding hydrogens is 445 g/mol. The Hall–Kier alpha value is -3.27. The first kappa shape index (κ1) is 21.6. The van der Waals surface area contributed by atoms with E-state index in [2.05, 4.69) is 20.2 Å². The highest BCUT2D eigenvalue weighted by Crippen LogP contribution is 2.32. The van der Waals surface area contributed by atoms with Gasteiger partial charge in [0.15, 0.2) is 0 Å². The van der Waals surface area contributed by atoms with Crippen molar-refractivity contribution in [3.63, 3.8) is 0 Å². The Balaban J connectivity index is 1.37. The molecule has 1 aromatic carbocycles. The molecule has 1 saturated carbocycles. The number of nitrogens with one attached hydrogen (secondary N) is 1. The molecule has 3 heterocycles. The van der Waals surface area contributed by atoms with Crippen LogP contribution in [0.1, 0.15) is 24.8 Å². The van der Waals surface area contributed by atoms with Crippen LogP contribution >= 0.6 is 11.8 Å². The van der Waals surface area contributed by atoms with Gasteiger partial charge < -0.3 is 9.80 Å². The standard InChI is InChI=1S/C23H22FN5O3S/c24-17-5-2-14(11-19-21(30)27-23(32)33-19)10-16(17)18-12-25-13-20(26-18)28-6-1-7-29(9-8-28)22(31)15-3-4-15/h2,5,10-13,15H,1,3-4,6-9H2,(H,27,30,32). The second-order valence-electron chi connectivity index (χ2n) is 8.29. The molecule has 1 aromatic heterocycles. The number of imide groups is 1. The van der Waals surface area contributed by atoms with E-state index in [1.54, 1.807) is 24.4 Å². The van der Waals surface area contributed by atoms with Gasteiger partial charge in [0.05, 0.1) is 23.0 Å². The molecule has 5 rings (SSSR count). The lowest BCUT2D eigenvalue weighted by Crippen LogP contribution is -2.36. The van der Waals surface area contributed by atoms with E-state index >= 15 is 0 Å². The molecule has 170 valence electrons. The van der Waals surface area contributed by atoms with Crippen molar-refractivity contribution in [3.05, 3.63) is 46.9 Å². The molecule has 1 N–H and O–H groups in total. The summed E-state index contributed by atoms with van der Waals surface area (Å²) in [6.07, 6.45) is 7.52. The van der Waals surface area contributed by atoms with E-state index in [1.807, 2.05) is 4.90 Å². The van der Waals surface area contributed by atoms with Gasteiger partial charge in [0.25, 0.3) is 11.1 Å². The number of nitrogens with zero attached hydrogens (tertiary/aromatic N) is 4. The number of benzene rings is 1. The second-order valence-corrected chi connectivity index (χ2v) is 9.31. The molecule has 8 nitrogen and oxygen atoms in total. The molecule has 2 aliphatic heterocycles. The maximum Gasteiger partial charge on any atom is 0.290 e. The molecule has 0 bridgehead atoms. The van der Waals surface area contributed by atoms with Gasteiger partial charge in [-0.25, -0.2) is 9.37 Å². The topological polar surface area (TPSA) is 95.5 Å². The Bertz CT molecular complexity index is 1170. The Kier molecular flexibility index (Phi) is 5.84. The van der Waals surface area contributed by atoms with Crippen LogP contribution in [0.15, 0.2) is 35.5 Å². The van der Waals surface area contributed by atoms with Gasteiger partial charge in [-0.15, -0.1) is 0 Å². The summed E-state index contributed by atoms with van der Waals surface area (Å²) >= 11 is 0.810. The summed E-state index contributed by atoms with van der Waals surface area (Å²) in [6, 6.07) is 4.44. The lowest BCUT2D eigenvalue weighted by molar-refractivity contribution is -0.132. The van der Waals surface area contributed by atoms with Gasteiger partial charge in [-0.05, 0) is 54.8 Å². The minimum absolute atomic E-state index is 0.205. The molecule has 10 heteroatoms. The number of rotatable bonds is 4. The Morgan fingerprint density at radius 2 is 2.00 bits per heavy atom. The summed E-state index contributed by atoms with van der Waals surface area (Å²) in [5.41, 5.74) is 1.21. The van der Waals surface area contributed by atoms with E-state index < -0.39 is 17.0 Å². The number of carbonyl (C=O) groups excluding carboxylic acids is 3. The van der Waals surface area contributed by atoms with Gasteiger partial charge in [-0.1, -0.05) is 6.07 Å². The van der Waals surface area contributed by atoms with Crippen LogP contribution < -0.4 is 10.2 Å². The summed E-state index contributed by atoms with van der Waals surface area (Å²) in [6.45, 7) is 2.75. The zero-order valence-electron chi connectivity index (χ0n) is 17.8. The minimum Gasteiger partial charge on any atom is -0.353 e. The average Bonchev–Trinajstić information content (AvgIpc) is 3.63. The first-order chi connectivity index (χ1) is 16.0. The number of aromatic nitrogens is 2. The molecule has 2 aromatic rings. The van der Waals surface area contributed by atoms with Gasteiger partial charge in [-0.3, -0.25) is 24.7 Å². The largest absolute Gasteiger partial charge is 0.353 e. The molecule has 33 heavy (non-hydrogen) atoms. The number of hydrogen-bond donors (Lipinski definition) is 1. The third kappa shape index (κ3) is 4.75. The van der Waals surface area contributed by atoms with Crippen LogP contribution in [0, 0.1) is 11.7 Å². The number of thioether (sulfide) groups is 1. The molecule has 2 saturated heterocycles. The summed E-state index contributed by atoms with van der Waals surface area (Å²) in [7, 11) is 0. The fourth-order valence-electron chi connectivity index (χ4n) is 3.99. The summed E-state index contributed by atoms with van der Waals surface area (Å²) in [4.78, 5) is 48.8. The van der Waals surface area contributed by atoms with Crippen LogP contribution in [0.4, 0.5) is 15.0 Å². The minimum atomic E-state index is -0.465. The zero-order chi connectivity index (χ0) is 22.9. The Labute approximate surface area is 194 Å². The van der Waals surface area contributed by atoms with Crippen molar-refractivity contribution in [1.82, 2.24) is 20.2 Å². The monoisotopic (exact) mass is 467 g/mol. The Morgan fingerprint density at radius 3 is 2.76 bits per heavy atom. The zero-order valence-corrected chi connectivity index (χ0v) is 18.6. The molecule has 0 atom stereocenters. The van der Waals surface area contributed by atoms with Crippen molar-refractivity contribution in [1.29, 1.82) is 0 Å². The van der Waals surface area contributed by atoms with Crippen LogP contribution in [0.5, 0.6) is 0 Å². The quantitative estimate of drug-likeness (QED) is 0.691. The molecule has 0 spiro atoms. The molecular formula is C23H22FN5O3S. The maximum absolute atomic E-state index is 14.7. The van der Waals surface area contributed by atoms with E-state index in [1.165, 1.54) is 12.3 Å². The third-order valence-corrected chi connectivity index (χ3v) is 6.70. The molecule has 3 amide bonds. The second kappa shape index (κ2) is 8.93.